The van der Waals surface area contributed by atoms with E-state index in [0.29, 0.717) is 49.1 Å². The molecule has 0 N–H and O–H groups in total. The van der Waals surface area contributed by atoms with Gasteiger partial charge in [0.2, 0.25) is 0 Å². The number of imide groups is 1. The fraction of sp³-hybridized carbons (Fsp3) is 0.444. The van der Waals surface area contributed by atoms with Gasteiger partial charge in [-0.05, 0) is 24.1 Å². The van der Waals surface area contributed by atoms with Gasteiger partial charge < -0.3 is 9.64 Å². The van der Waals surface area contributed by atoms with Gasteiger partial charge in [0.1, 0.15) is 5.70 Å². The summed E-state index contributed by atoms with van der Waals surface area (Å²) in [5.41, 5.74) is 1.72. The number of carbonyl (C=O) groups excluding carboxylic acids is 2. The number of amides is 2. The highest BCUT2D eigenvalue weighted by molar-refractivity contribution is 6.36. The van der Waals surface area contributed by atoms with Gasteiger partial charge in [-0.15, -0.1) is 0 Å². The molecule has 0 aromatic heterocycles. The third kappa shape index (κ3) is 3.19. The summed E-state index contributed by atoms with van der Waals surface area (Å²) in [6.45, 7) is 4.86. The van der Waals surface area contributed by atoms with Crippen molar-refractivity contribution in [1.82, 2.24) is 9.80 Å². The van der Waals surface area contributed by atoms with Gasteiger partial charge >= 0.3 is 0 Å². The number of benzene rings is 1. The van der Waals surface area contributed by atoms with Crippen LogP contribution in [0.4, 0.5) is 0 Å². The van der Waals surface area contributed by atoms with Gasteiger partial charge in [-0.1, -0.05) is 37.1 Å². The molecule has 2 heterocycles. The monoisotopic (exact) mass is 348 g/mol. The first kappa shape index (κ1) is 17.0. The number of hydrogen-bond donors (Lipinski definition) is 0. The van der Waals surface area contributed by atoms with Crippen molar-refractivity contribution < 1.29 is 14.3 Å². The van der Waals surface area contributed by atoms with E-state index in [1.165, 1.54) is 4.90 Å². The van der Waals surface area contributed by atoms with Crippen molar-refractivity contribution in [3.8, 4) is 0 Å². The SMILES string of the molecule is CCCCN1C(=O)C(c2ccc(Cl)cc2)=C(N2CCOCC2)C1=O. The van der Waals surface area contributed by atoms with Crippen LogP contribution < -0.4 is 0 Å². The lowest BCUT2D eigenvalue weighted by Crippen LogP contribution is -2.40. The highest BCUT2D eigenvalue weighted by atomic mass is 35.5. The molecule has 1 aromatic rings. The molecule has 0 bridgehead atoms. The lowest BCUT2D eigenvalue weighted by Gasteiger charge is -2.29. The second kappa shape index (κ2) is 7.36. The number of nitrogens with zero attached hydrogens (tertiary/aromatic N) is 2. The average molecular weight is 349 g/mol. The number of morpholine rings is 1. The van der Waals surface area contributed by atoms with Crippen molar-refractivity contribution in [2.24, 2.45) is 0 Å². The molecule has 1 aromatic carbocycles. The molecule has 0 atom stereocenters. The first-order valence-electron chi connectivity index (χ1n) is 8.32. The molecule has 0 saturated carbocycles. The van der Waals surface area contributed by atoms with Crippen molar-refractivity contribution in [1.29, 1.82) is 0 Å². The van der Waals surface area contributed by atoms with Crippen LogP contribution in [0.3, 0.4) is 0 Å². The Labute approximate surface area is 146 Å². The van der Waals surface area contributed by atoms with Crippen LogP contribution in [0.5, 0.6) is 0 Å². The maximum Gasteiger partial charge on any atom is 0.277 e. The molecular weight excluding hydrogens is 328 g/mol. The topological polar surface area (TPSA) is 49.9 Å². The normalized spacial score (nSPS) is 18.8. The smallest absolute Gasteiger partial charge is 0.277 e. The van der Waals surface area contributed by atoms with E-state index in [1.54, 1.807) is 24.3 Å². The number of rotatable bonds is 5. The van der Waals surface area contributed by atoms with Crippen LogP contribution in [0.2, 0.25) is 5.02 Å². The number of halogens is 1. The summed E-state index contributed by atoms with van der Waals surface area (Å²) in [6, 6.07) is 7.08. The summed E-state index contributed by atoms with van der Waals surface area (Å²) in [6.07, 6.45) is 1.74. The maximum absolute atomic E-state index is 12.9. The molecule has 3 rings (SSSR count). The molecule has 0 spiro atoms. The molecule has 2 aliphatic rings. The van der Waals surface area contributed by atoms with E-state index in [-0.39, 0.29) is 11.8 Å². The number of hydrogen-bond acceptors (Lipinski definition) is 4. The second-order valence-corrected chi connectivity index (χ2v) is 6.38. The van der Waals surface area contributed by atoms with Crippen molar-refractivity contribution in [2.75, 3.05) is 32.8 Å². The Bertz CT molecular complexity index is 663. The Morgan fingerprint density at radius 1 is 1.08 bits per heavy atom. The third-order valence-corrected chi connectivity index (χ3v) is 4.59. The van der Waals surface area contributed by atoms with Crippen molar-refractivity contribution >= 4 is 29.0 Å². The highest BCUT2D eigenvalue weighted by Gasteiger charge is 2.41. The number of unbranched alkanes of at least 4 members (excludes halogenated alkanes) is 1. The molecule has 2 aliphatic heterocycles. The van der Waals surface area contributed by atoms with E-state index < -0.39 is 0 Å². The quantitative estimate of drug-likeness (QED) is 0.767. The van der Waals surface area contributed by atoms with Crippen molar-refractivity contribution in [2.45, 2.75) is 19.8 Å². The Morgan fingerprint density at radius 3 is 2.38 bits per heavy atom. The summed E-state index contributed by atoms with van der Waals surface area (Å²) >= 11 is 5.96. The Kier molecular flexibility index (Phi) is 5.21. The second-order valence-electron chi connectivity index (χ2n) is 5.95. The van der Waals surface area contributed by atoms with E-state index in [2.05, 4.69) is 0 Å². The van der Waals surface area contributed by atoms with Crippen LogP contribution in [-0.4, -0.2) is 54.5 Å². The van der Waals surface area contributed by atoms with E-state index in [9.17, 15) is 9.59 Å². The largest absolute Gasteiger partial charge is 0.378 e. The molecule has 1 saturated heterocycles. The molecule has 24 heavy (non-hydrogen) atoms. The Hall–Kier alpha value is -1.85. The standard InChI is InChI=1S/C18H21ClN2O3/c1-2-3-8-21-17(22)15(13-4-6-14(19)7-5-13)16(18(21)23)20-9-11-24-12-10-20/h4-7H,2-3,8-12H2,1H3. The van der Waals surface area contributed by atoms with Crippen LogP contribution in [0.25, 0.3) is 5.57 Å². The zero-order valence-electron chi connectivity index (χ0n) is 13.8. The minimum Gasteiger partial charge on any atom is -0.378 e. The van der Waals surface area contributed by atoms with Crippen molar-refractivity contribution in [3.63, 3.8) is 0 Å². The molecule has 6 heteroatoms. The van der Waals surface area contributed by atoms with Gasteiger partial charge in [0, 0.05) is 24.7 Å². The van der Waals surface area contributed by atoms with Gasteiger partial charge in [0.05, 0.1) is 18.8 Å². The summed E-state index contributed by atoms with van der Waals surface area (Å²) in [5, 5.41) is 0.604. The van der Waals surface area contributed by atoms with E-state index in [4.69, 9.17) is 16.3 Å². The van der Waals surface area contributed by atoms with Crippen LogP contribution in [0.1, 0.15) is 25.3 Å². The lowest BCUT2D eigenvalue weighted by molar-refractivity contribution is -0.137. The predicted molar refractivity (Wildman–Crippen MR) is 92.4 cm³/mol. The molecule has 0 unspecified atom stereocenters. The number of carbonyl (C=O) groups is 2. The molecule has 2 amide bonds. The zero-order chi connectivity index (χ0) is 17.1. The highest BCUT2D eigenvalue weighted by Crippen LogP contribution is 2.32. The molecule has 0 aliphatic carbocycles. The molecule has 0 radical (unpaired) electrons. The van der Waals surface area contributed by atoms with E-state index in [0.717, 1.165) is 18.4 Å². The van der Waals surface area contributed by atoms with Crippen LogP contribution in [-0.2, 0) is 14.3 Å². The fourth-order valence-corrected chi connectivity index (χ4v) is 3.17. The Balaban J connectivity index is 2.01. The summed E-state index contributed by atoms with van der Waals surface area (Å²) < 4.78 is 5.38. The van der Waals surface area contributed by atoms with Crippen molar-refractivity contribution in [3.05, 3.63) is 40.5 Å². The maximum atomic E-state index is 12.9. The molecular formula is C18H21ClN2O3. The van der Waals surface area contributed by atoms with Gasteiger partial charge in [-0.25, -0.2) is 0 Å². The minimum atomic E-state index is -0.211. The summed E-state index contributed by atoms with van der Waals surface area (Å²) in [7, 11) is 0. The minimum absolute atomic E-state index is 0.194. The Morgan fingerprint density at radius 2 is 1.75 bits per heavy atom. The first-order valence-corrected chi connectivity index (χ1v) is 8.70. The van der Waals surface area contributed by atoms with Gasteiger partial charge in [0.15, 0.2) is 0 Å². The molecule has 5 nitrogen and oxygen atoms in total. The average Bonchev–Trinajstić information content (AvgIpc) is 2.85. The number of ether oxygens (including phenoxy) is 1. The molecule has 128 valence electrons. The zero-order valence-corrected chi connectivity index (χ0v) is 14.5. The van der Waals surface area contributed by atoms with Gasteiger partial charge in [-0.2, -0.15) is 0 Å². The lowest BCUT2D eigenvalue weighted by atomic mass is 10.0. The van der Waals surface area contributed by atoms with Crippen LogP contribution in [0, 0.1) is 0 Å². The first-order chi connectivity index (χ1) is 11.6. The van der Waals surface area contributed by atoms with Crippen LogP contribution >= 0.6 is 11.6 Å². The summed E-state index contributed by atoms with van der Waals surface area (Å²) in [4.78, 5) is 29.2. The van der Waals surface area contributed by atoms with Crippen LogP contribution in [0.15, 0.2) is 30.0 Å². The fourth-order valence-electron chi connectivity index (χ4n) is 3.04. The molecule has 1 fully saturated rings. The third-order valence-electron chi connectivity index (χ3n) is 4.34. The van der Waals surface area contributed by atoms with Gasteiger partial charge in [0.25, 0.3) is 11.8 Å². The van der Waals surface area contributed by atoms with E-state index in [1.807, 2.05) is 11.8 Å². The van der Waals surface area contributed by atoms with E-state index >= 15 is 0 Å². The predicted octanol–water partition coefficient (Wildman–Crippen LogP) is 2.55. The van der Waals surface area contributed by atoms with Gasteiger partial charge in [-0.3, -0.25) is 14.5 Å². The summed E-state index contributed by atoms with van der Waals surface area (Å²) in [5.74, 6) is -0.405.